The van der Waals surface area contributed by atoms with Gasteiger partial charge in [0.25, 0.3) is 0 Å². The van der Waals surface area contributed by atoms with E-state index in [0.29, 0.717) is 0 Å². The Morgan fingerprint density at radius 3 is 2.58 bits per heavy atom. The molecule has 1 aromatic heterocycles. The zero-order valence-electron chi connectivity index (χ0n) is 11.7. The van der Waals surface area contributed by atoms with Gasteiger partial charge in [-0.2, -0.15) is 0 Å². The first-order valence-electron chi connectivity index (χ1n) is 6.65. The van der Waals surface area contributed by atoms with Crippen LogP contribution < -0.4 is 5.32 Å². The zero-order valence-corrected chi connectivity index (χ0v) is 13.2. The third kappa shape index (κ3) is 3.38. The highest BCUT2D eigenvalue weighted by Gasteiger charge is 2.15. The second kappa shape index (κ2) is 6.56. The molecule has 0 bridgehead atoms. The minimum atomic E-state index is 0.274. The highest BCUT2D eigenvalue weighted by atomic mass is 35.5. The van der Waals surface area contributed by atoms with E-state index < -0.39 is 0 Å². The van der Waals surface area contributed by atoms with Crippen LogP contribution in [0.4, 0.5) is 0 Å². The highest BCUT2D eigenvalue weighted by Crippen LogP contribution is 2.30. The monoisotopic (exact) mass is 293 g/mol. The van der Waals surface area contributed by atoms with Crippen molar-refractivity contribution in [3.63, 3.8) is 0 Å². The molecule has 0 saturated heterocycles. The molecule has 1 unspecified atom stereocenters. The first-order valence-corrected chi connectivity index (χ1v) is 7.85. The molecule has 1 heterocycles. The lowest BCUT2D eigenvalue weighted by Crippen LogP contribution is -2.19. The van der Waals surface area contributed by atoms with E-state index in [1.807, 2.05) is 18.4 Å². The van der Waals surface area contributed by atoms with Gasteiger partial charge in [0, 0.05) is 27.2 Å². The lowest BCUT2D eigenvalue weighted by atomic mass is 10.0. The summed E-state index contributed by atoms with van der Waals surface area (Å²) in [6.07, 6.45) is 2.10. The van der Waals surface area contributed by atoms with Crippen LogP contribution in [0.3, 0.4) is 0 Å². The molecule has 1 nitrogen and oxygen atoms in total. The molecule has 0 radical (unpaired) electrons. The van der Waals surface area contributed by atoms with Crippen LogP contribution in [-0.2, 0) is 12.8 Å². The van der Waals surface area contributed by atoms with Crippen molar-refractivity contribution in [2.24, 2.45) is 0 Å². The fourth-order valence-electron chi connectivity index (χ4n) is 2.23. The maximum atomic E-state index is 6.43. The normalized spacial score (nSPS) is 12.6. The van der Waals surface area contributed by atoms with Crippen molar-refractivity contribution in [1.29, 1.82) is 0 Å². The molecule has 19 heavy (non-hydrogen) atoms. The van der Waals surface area contributed by atoms with Gasteiger partial charge >= 0.3 is 0 Å². The summed E-state index contributed by atoms with van der Waals surface area (Å²) in [5, 5.41) is 4.27. The molecule has 0 amide bonds. The van der Waals surface area contributed by atoms with Crippen LogP contribution in [0.15, 0.2) is 30.3 Å². The molecule has 0 aliphatic heterocycles. The number of nitrogens with one attached hydrogen (secondary N) is 1. The number of aryl methyl sites for hydroxylation is 2. The Balaban J connectivity index is 2.22. The van der Waals surface area contributed by atoms with Crippen molar-refractivity contribution < 1.29 is 0 Å². The van der Waals surface area contributed by atoms with E-state index in [1.165, 1.54) is 15.3 Å². The molecular formula is C16H20ClNS. The van der Waals surface area contributed by atoms with Crippen LogP contribution in [0.5, 0.6) is 0 Å². The second-order valence-electron chi connectivity index (χ2n) is 4.75. The molecule has 102 valence electrons. The number of likely N-dealkylation sites (N-methyl/N-ethyl adjacent to an activating group) is 1. The Hall–Kier alpha value is -0.830. The summed E-state index contributed by atoms with van der Waals surface area (Å²) in [6, 6.07) is 11.0. The SMILES string of the molecule is CCc1ccc(CC(NC)c2cccc(C)c2Cl)s1. The predicted molar refractivity (Wildman–Crippen MR) is 85.4 cm³/mol. The van der Waals surface area contributed by atoms with Crippen LogP contribution in [0.2, 0.25) is 5.02 Å². The van der Waals surface area contributed by atoms with E-state index >= 15 is 0 Å². The first kappa shape index (κ1) is 14.6. The number of benzene rings is 1. The quantitative estimate of drug-likeness (QED) is 0.837. The van der Waals surface area contributed by atoms with E-state index in [9.17, 15) is 0 Å². The van der Waals surface area contributed by atoms with E-state index in [0.717, 1.165) is 23.4 Å². The Labute approximate surface area is 124 Å². The summed E-state index contributed by atoms with van der Waals surface area (Å²) in [5.74, 6) is 0. The smallest absolute Gasteiger partial charge is 0.0483 e. The summed E-state index contributed by atoms with van der Waals surface area (Å²) >= 11 is 8.33. The van der Waals surface area contributed by atoms with Gasteiger partial charge in [-0.3, -0.25) is 0 Å². The van der Waals surface area contributed by atoms with Gasteiger partial charge in [-0.1, -0.05) is 36.7 Å². The van der Waals surface area contributed by atoms with Crippen LogP contribution >= 0.6 is 22.9 Å². The van der Waals surface area contributed by atoms with E-state index in [2.05, 4.69) is 49.5 Å². The van der Waals surface area contributed by atoms with Gasteiger partial charge in [0.15, 0.2) is 0 Å². The molecule has 1 atom stereocenters. The van der Waals surface area contributed by atoms with E-state index in [-0.39, 0.29) is 6.04 Å². The van der Waals surface area contributed by atoms with Gasteiger partial charge in [0.2, 0.25) is 0 Å². The number of thiophene rings is 1. The minimum Gasteiger partial charge on any atom is -0.313 e. The molecule has 2 aromatic rings. The third-order valence-electron chi connectivity index (χ3n) is 3.42. The zero-order chi connectivity index (χ0) is 13.8. The number of rotatable bonds is 5. The number of halogens is 1. The molecule has 3 heteroatoms. The minimum absolute atomic E-state index is 0.274. The lowest BCUT2D eigenvalue weighted by molar-refractivity contribution is 0.596. The number of hydrogen-bond acceptors (Lipinski definition) is 2. The van der Waals surface area contributed by atoms with Gasteiger partial charge in [-0.25, -0.2) is 0 Å². The average Bonchev–Trinajstić information content (AvgIpc) is 2.87. The van der Waals surface area contributed by atoms with Crippen molar-refractivity contribution in [3.05, 3.63) is 56.2 Å². The van der Waals surface area contributed by atoms with E-state index in [4.69, 9.17) is 11.6 Å². The van der Waals surface area contributed by atoms with E-state index in [1.54, 1.807) is 0 Å². The van der Waals surface area contributed by atoms with Gasteiger partial charge in [-0.15, -0.1) is 11.3 Å². The van der Waals surface area contributed by atoms with Gasteiger partial charge < -0.3 is 5.32 Å². The predicted octanol–water partition coefficient (Wildman–Crippen LogP) is 4.78. The van der Waals surface area contributed by atoms with Crippen LogP contribution in [0.25, 0.3) is 0 Å². The molecule has 1 N–H and O–H groups in total. The van der Waals surface area contributed by atoms with Crippen molar-refractivity contribution in [1.82, 2.24) is 5.32 Å². The van der Waals surface area contributed by atoms with Gasteiger partial charge in [-0.05, 0) is 43.7 Å². The number of hydrogen-bond donors (Lipinski definition) is 1. The standard InChI is InChI=1S/C16H20ClNS/c1-4-12-8-9-13(19-12)10-15(18-3)14-7-5-6-11(2)16(14)17/h5-9,15,18H,4,10H2,1-3H3. The molecular weight excluding hydrogens is 274 g/mol. The van der Waals surface area contributed by atoms with Crippen molar-refractivity contribution in [3.8, 4) is 0 Å². The second-order valence-corrected chi connectivity index (χ2v) is 6.38. The van der Waals surface area contributed by atoms with Gasteiger partial charge in [0.1, 0.15) is 0 Å². The average molecular weight is 294 g/mol. The maximum absolute atomic E-state index is 6.43. The Morgan fingerprint density at radius 1 is 1.21 bits per heavy atom. The molecule has 1 aromatic carbocycles. The fourth-order valence-corrected chi connectivity index (χ4v) is 3.49. The topological polar surface area (TPSA) is 12.0 Å². The van der Waals surface area contributed by atoms with Crippen molar-refractivity contribution in [2.75, 3.05) is 7.05 Å². The lowest BCUT2D eigenvalue weighted by Gasteiger charge is -2.18. The van der Waals surface area contributed by atoms with Crippen molar-refractivity contribution in [2.45, 2.75) is 32.7 Å². The summed E-state index contributed by atoms with van der Waals surface area (Å²) in [7, 11) is 2.00. The van der Waals surface area contributed by atoms with Crippen LogP contribution in [-0.4, -0.2) is 7.05 Å². The molecule has 0 aliphatic carbocycles. The summed E-state index contributed by atoms with van der Waals surface area (Å²) in [6.45, 7) is 4.25. The first-order chi connectivity index (χ1) is 9.15. The Morgan fingerprint density at radius 2 is 1.95 bits per heavy atom. The van der Waals surface area contributed by atoms with Crippen LogP contribution in [0.1, 0.15) is 33.8 Å². The molecule has 0 saturated carbocycles. The molecule has 0 fully saturated rings. The largest absolute Gasteiger partial charge is 0.313 e. The van der Waals surface area contributed by atoms with Crippen LogP contribution in [0, 0.1) is 6.92 Å². The molecule has 0 aliphatic rings. The molecule has 0 spiro atoms. The maximum Gasteiger partial charge on any atom is 0.0483 e. The third-order valence-corrected chi connectivity index (χ3v) is 5.18. The Bertz CT molecular complexity index is 547. The van der Waals surface area contributed by atoms with Gasteiger partial charge in [0.05, 0.1) is 0 Å². The fraction of sp³-hybridized carbons (Fsp3) is 0.375. The summed E-state index contributed by atoms with van der Waals surface area (Å²) in [4.78, 5) is 2.86. The summed E-state index contributed by atoms with van der Waals surface area (Å²) in [5.41, 5.74) is 2.33. The highest BCUT2D eigenvalue weighted by molar-refractivity contribution is 7.11. The Kier molecular flexibility index (Phi) is 5.03. The molecule has 2 rings (SSSR count). The van der Waals surface area contributed by atoms with Crippen molar-refractivity contribution >= 4 is 22.9 Å². The summed E-state index contributed by atoms with van der Waals surface area (Å²) < 4.78 is 0.